The van der Waals surface area contributed by atoms with Gasteiger partial charge in [-0.1, -0.05) is 71.4 Å². The SMILES string of the molecule is CCn1c(Cc2ccccc2)nnc1SCc1ccc(Cl)c(Cl)c1. The summed E-state index contributed by atoms with van der Waals surface area (Å²) in [5.74, 6) is 1.76. The van der Waals surface area contributed by atoms with Gasteiger partial charge < -0.3 is 4.57 Å². The molecule has 0 amide bonds. The van der Waals surface area contributed by atoms with E-state index in [9.17, 15) is 0 Å². The van der Waals surface area contributed by atoms with Crippen LogP contribution in [0.3, 0.4) is 0 Å². The zero-order valence-corrected chi connectivity index (χ0v) is 15.6. The van der Waals surface area contributed by atoms with Crippen LogP contribution in [0.15, 0.2) is 53.7 Å². The van der Waals surface area contributed by atoms with Gasteiger partial charge >= 0.3 is 0 Å². The summed E-state index contributed by atoms with van der Waals surface area (Å²) < 4.78 is 2.16. The van der Waals surface area contributed by atoms with E-state index in [0.29, 0.717) is 10.0 Å². The third-order valence-electron chi connectivity index (χ3n) is 3.67. The molecule has 0 N–H and O–H groups in total. The molecule has 0 aliphatic carbocycles. The van der Waals surface area contributed by atoms with Crippen molar-refractivity contribution in [1.29, 1.82) is 0 Å². The lowest BCUT2D eigenvalue weighted by molar-refractivity contribution is 0.651. The Balaban J connectivity index is 1.73. The van der Waals surface area contributed by atoms with Crippen LogP contribution in [0.4, 0.5) is 0 Å². The third-order valence-corrected chi connectivity index (χ3v) is 5.44. The molecule has 3 nitrogen and oxygen atoms in total. The quantitative estimate of drug-likeness (QED) is 0.532. The molecule has 0 spiro atoms. The van der Waals surface area contributed by atoms with E-state index in [-0.39, 0.29) is 0 Å². The molecule has 1 aromatic heterocycles. The molecule has 1 heterocycles. The van der Waals surface area contributed by atoms with Crippen molar-refractivity contribution < 1.29 is 0 Å². The predicted octanol–water partition coefficient (Wildman–Crippen LogP) is 5.49. The highest BCUT2D eigenvalue weighted by atomic mass is 35.5. The molecule has 0 fully saturated rings. The average Bonchev–Trinajstić information content (AvgIpc) is 2.98. The van der Waals surface area contributed by atoms with Crippen LogP contribution in [-0.4, -0.2) is 14.8 Å². The second-order valence-electron chi connectivity index (χ2n) is 5.34. The number of hydrogen-bond donors (Lipinski definition) is 0. The van der Waals surface area contributed by atoms with E-state index >= 15 is 0 Å². The van der Waals surface area contributed by atoms with Crippen molar-refractivity contribution in [2.75, 3.05) is 0 Å². The molecule has 0 unspecified atom stereocenters. The summed E-state index contributed by atoms with van der Waals surface area (Å²) in [6.07, 6.45) is 0.787. The smallest absolute Gasteiger partial charge is 0.191 e. The van der Waals surface area contributed by atoms with E-state index in [1.165, 1.54) is 5.56 Å². The first-order valence-corrected chi connectivity index (χ1v) is 9.44. The van der Waals surface area contributed by atoms with E-state index in [0.717, 1.165) is 35.3 Å². The first-order chi connectivity index (χ1) is 11.7. The minimum absolute atomic E-state index is 0.576. The summed E-state index contributed by atoms with van der Waals surface area (Å²) in [7, 11) is 0. The van der Waals surface area contributed by atoms with Crippen LogP contribution >= 0.6 is 35.0 Å². The third kappa shape index (κ3) is 4.12. The Morgan fingerprint density at radius 2 is 1.75 bits per heavy atom. The lowest BCUT2D eigenvalue weighted by atomic mass is 10.1. The number of halogens is 2. The minimum Gasteiger partial charge on any atom is -0.306 e. The van der Waals surface area contributed by atoms with Gasteiger partial charge in [-0.15, -0.1) is 10.2 Å². The van der Waals surface area contributed by atoms with Crippen LogP contribution < -0.4 is 0 Å². The van der Waals surface area contributed by atoms with Crippen LogP contribution in [0.2, 0.25) is 10.0 Å². The van der Waals surface area contributed by atoms with Gasteiger partial charge in [-0.3, -0.25) is 0 Å². The van der Waals surface area contributed by atoms with E-state index in [1.807, 2.05) is 36.4 Å². The molecule has 2 aromatic carbocycles. The zero-order valence-electron chi connectivity index (χ0n) is 13.2. The second-order valence-corrected chi connectivity index (χ2v) is 7.10. The van der Waals surface area contributed by atoms with Crippen LogP contribution in [0.1, 0.15) is 23.9 Å². The maximum absolute atomic E-state index is 6.07. The minimum atomic E-state index is 0.576. The monoisotopic (exact) mass is 377 g/mol. The maximum atomic E-state index is 6.07. The largest absolute Gasteiger partial charge is 0.306 e. The molecule has 0 saturated carbocycles. The van der Waals surface area contributed by atoms with Gasteiger partial charge in [0.1, 0.15) is 5.82 Å². The first kappa shape index (κ1) is 17.3. The van der Waals surface area contributed by atoms with E-state index < -0.39 is 0 Å². The molecule has 0 saturated heterocycles. The zero-order chi connectivity index (χ0) is 16.9. The van der Waals surface area contributed by atoms with Crippen LogP contribution in [0, 0.1) is 0 Å². The van der Waals surface area contributed by atoms with Gasteiger partial charge in [0.25, 0.3) is 0 Å². The van der Waals surface area contributed by atoms with Crippen molar-refractivity contribution in [3.63, 3.8) is 0 Å². The average molecular weight is 378 g/mol. The Morgan fingerprint density at radius 1 is 0.958 bits per heavy atom. The van der Waals surface area contributed by atoms with Gasteiger partial charge in [-0.05, 0) is 30.2 Å². The highest BCUT2D eigenvalue weighted by molar-refractivity contribution is 7.98. The normalized spacial score (nSPS) is 11.0. The number of hydrogen-bond acceptors (Lipinski definition) is 3. The first-order valence-electron chi connectivity index (χ1n) is 7.70. The van der Waals surface area contributed by atoms with Gasteiger partial charge in [0.2, 0.25) is 0 Å². The molecule has 0 radical (unpaired) electrons. The van der Waals surface area contributed by atoms with Crippen molar-refractivity contribution in [3.05, 3.63) is 75.5 Å². The Kier molecular flexibility index (Phi) is 5.82. The van der Waals surface area contributed by atoms with Crippen molar-refractivity contribution in [2.24, 2.45) is 0 Å². The highest BCUT2D eigenvalue weighted by Crippen LogP contribution is 2.27. The standard InChI is InChI=1S/C18H17Cl2N3S/c1-2-23-17(11-13-6-4-3-5-7-13)21-22-18(23)24-12-14-8-9-15(19)16(20)10-14/h3-10H,2,11-12H2,1H3. The number of benzene rings is 2. The van der Waals surface area contributed by atoms with Crippen molar-refractivity contribution >= 4 is 35.0 Å². The van der Waals surface area contributed by atoms with E-state index in [2.05, 4.69) is 33.8 Å². The molecule has 0 aliphatic heterocycles. The second kappa shape index (κ2) is 8.06. The van der Waals surface area contributed by atoms with Crippen LogP contribution in [0.5, 0.6) is 0 Å². The van der Waals surface area contributed by atoms with E-state index in [1.54, 1.807) is 11.8 Å². The fraction of sp³-hybridized carbons (Fsp3) is 0.222. The maximum Gasteiger partial charge on any atom is 0.191 e. The predicted molar refractivity (Wildman–Crippen MR) is 101 cm³/mol. The Bertz CT molecular complexity index is 818. The van der Waals surface area contributed by atoms with Gasteiger partial charge in [0, 0.05) is 18.7 Å². The Morgan fingerprint density at radius 3 is 2.46 bits per heavy atom. The summed E-state index contributed by atoms with van der Waals surface area (Å²) >= 11 is 13.7. The lowest BCUT2D eigenvalue weighted by Gasteiger charge is -2.08. The molecule has 0 bridgehead atoms. The fourth-order valence-electron chi connectivity index (χ4n) is 2.43. The summed E-state index contributed by atoms with van der Waals surface area (Å²) in [4.78, 5) is 0. The number of thioether (sulfide) groups is 1. The molecule has 24 heavy (non-hydrogen) atoms. The van der Waals surface area contributed by atoms with Gasteiger partial charge in [-0.2, -0.15) is 0 Å². The topological polar surface area (TPSA) is 30.7 Å². The molecule has 124 valence electrons. The summed E-state index contributed by atoms with van der Waals surface area (Å²) in [6, 6.07) is 16.0. The van der Waals surface area contributed by atoms with Gasteiger partial charge in [0.15, 0.2) is 5.16 Å². The molecule has 6 heteroatoms. The molecule has 3 rings (SSSR count). The van der Waals surface area contributed by atoms with E-state index in [4.69, 9.17) is 23.2 Å². The highest BCUT2D eigenvalue weighted by Gasteiger charge is 2.12. The van der Waals surface area contributed by atoms with Crippen molar-refractivity contribution in [1.82, 2.24) is 14.8 Å². The summed E-state index contributed by atoms with van der Waals surface area (Å²) in [5.41, 5.74) is 2.35. The molecular weight excluding hydrogens is 361 g/mol. The Labute approximate surface area is 156 Å². The Hall–Kier alpha value is -1.49. The lowest BCUT2D eigenvalue weighted by Crippen LogP contribution is -2.04. The molecular formula is C18H17Cl2N3S. The molecule has 0 aliphatic rings. The van der Waals surface area contributed by atoms with Crippen molar-refractivity contribution in [3.8, 4) is 0 Å². The van der Waals surface area contributed by atoms with Gasteiger partial charge in [0.05, 0.1) is 10.0 Å². The molecule has 0 atom stereocenters. The summed E-state index contributed by atoms with van der Waals surface area (Å²) in [5, 5.41) is 10.8. The fourth-order valence-corrected chi connectivity index (χ4v) is 3.71. The van der Waals surface area contributed by atoms with Crippen molar-refractivity contribution in [2.45, 2.75) is 30.8 Å². The van der Waals surface area contributed by atoms with Crippen LogP contribution in [0.25, 0.3) is 0 Å². The summed E-state index contributed by atoms with van der Waals surface area (Å²) in [6.45, 7) is 2.96. The number of nitrogens with zero attached hydrogens (tertiary/aromatic N) is 3. The van der Waals surface area contributed by atoms with Gasteiger partial charge in [-0.25, -0.2) is 0 Å². The number of rotatable bonds is 6. The molecule has 3 aromatic rings. The van der Waals surface area contributed by atoms with Crippen LogP contribution in [-0.2, 0) is 18.7 Å². The number of aromatic nitrogens is 3.